The molecule has 0 fully saturated rings. The highest BCUT2D eigenvalue weighted by Crippen LogP contribution is 2.06. The van der Waals surface area contributed by atoms with Crippen LogP contribution in [0.25, 0.3) is 0 Å². The highest BCUT2D eigenvalue weighted by Gasteiger charge is 2.08. The predicted octanol–water partition coefficient (Wildman–Crippen LogP) is 2.45. The van der Waals surface area contributed by atoms with Crippen molar-refractivity contribution in [3.05, 3.63) is 0 Å². The highest BCUT2D eigenvalue weighted by molar-refractivity contribution is 4.65. The van der Waals surface area contributed by atoms with E-state index >= 15 is 0 Å². The van der Waals surface area contributed by atoms with Gasteiger partial charge in [0.2, 0.25) is 0 Å². The van der Waals surface area contributed by atoms with Crippen molar-refractivity contribution in [1.29, 1.82) is 0 Å². The number of alkyl halides is 2. The second kappa shape index (κ2) is 12.2. The maximum Gasteiger partial charge on any atom is 0.261 e. The zero-order chi connectivity index (χ0) is 12.9. The molecular weight excluding hydrogens is 228 g/mol. The predicted molar refractivity (Wildman–Crippen MR) is 64.6 cm³/mol. The summed E-state index contributed by atoms with van der Waals surface area (Å²) in [5, 5.41) is 3.34. The fourth-order valence-electron chi connectivity index (χ4n) is 1.67. The summed E-state index contributed by atoms with van der Waals surface area (Å²) < 4.78 is 33.5. The number of hydrogen-bond donors (Lipinski definition) is 1. The average Bonchev–Trinajstić information content (AvgIpc) is 2.29. The monoisotopic (exact) mass is 253 g/mol. The van der Waals surface area contributed by atoms with Gasteiger partial charge in [0.25, 0.3) is 6.43 Å². The average molecular weight is 253 g/mol. The van der Waals surface area contributed by atoms with Gasteiger partial charge in [-0.15, -0.1) is 0 Å². The zero-order valence-corrected chi connectivity index (χ0v) is 10.9. The van der Waals surface area contributed by atoms with Gasteiger partial charge in [0.15, 0.2) is 0 Å². The van der Waals surface area contributed by atoms with E-state index in [1.165, 1.54) is 0 Å². The van der Waals surface area contributed by atoms with Crippen molar-refractivity contribution in [2.75, 3.05) is 33.5 Å². The lowest BCUT2D eigenvalue weighted by molar-refractivity contribution is 0.0141. The molecule has 0 saturated heterocycles. The number of methoxy groups -OCH3 is 1. The Morgan fingerprint density at radius 3 is 2.47 bits per heavy atom. The molecule has 0 amide bonds. The minimum Gasteiger partial charge on any atom is -0.385 e. The van der Waals surface area contributed by atoms with E-state index in [9.17, 15) is 8.78 Å². The van der Waals surface area contributed by atoms with Gasteiger partial charge in [-0.1, -0.05) is 6.92 Å². The summed E-state index contributed by atoms with van der Waals surface area (Å²) in [5.74, 6) is 0. The molecular formula is C12H25F2NO2. The topological polar surface area (TPSA) is 30.5 Å². The third kappa shape index (κ3) is 12.0. The number of unbranched alkanes of at least 4 members (excludes halogenated alkanes) is 1. The van der Waals surface area contributed by atoms with E-state index in [4.69, 9.17) is 9.47 Å². The van der Waals surface area contributed by atoms with Crippen molar-refractivity contribution in [2.45, 2.75) is 45.1 Å². The summed E-state index contributed by atoms with van der Waals surface area (Å²) in [7, 11) is 1.69. The number of rotatable bonds is 12. The van der Waals surface area contributed by atoms with Gasteiger partial charge in [-0.25, -0.2) is 8.78 Å². The summed E-state index contributed by atoms with van der Waals surface area (Å²) in [6.45, 7) is 3.65. The summed E-state index contributed by atoms with van der Waals surface area (Å²) in [6.07, 6.45) is 1.58. The summed E-state index contributed by atoms with van der Waals surface area (Å²) >= 11 is 0. The van der Waals surface area contributed by atoms with Crippen LogP contribution < -0.4 is 5.32 Å². The molecule has 1 atom stereocenters. The Balaban J connectivity index is 3.52. The first kappa shape index (κ1) is 16.7. The molecule has 17 heavy (non-hydrogen) atoms. The zero-order valence-electron chi connectivity index (χ0n) is 10.9. The van der Waals surface area contributed by atoms with Gasteiger partial charge in [-0.05, 0) is 32.2 Å². The molecule has 0 bridgehead atoms. The molecule has 0 heterocycles. The number of nitrogens with one attached hydrogen (secondary N) is 1. The van der Waals surface area contributed by atoms with Gasteiger partial charge in [-0.3, -0.25) is 0 Å². The van der Waals surface area contributed by atoms with Gasteiger partial charge < -0.3 is 14.8 Å². The third-order valence-corrected chi connectivity index (χ3v) is 2.50. The minimum atomic E-state index is -2.37. The van der Waals surface area contributed by atoms with Crippen molar-refractivity contribution in [3.8, 4) is 0 Å². The van der Waals surface area contributed by atoms with Crippen LogP contribution in [-0.2, 0) is 9.47 Å². The number of ether oxygens (including phenoxy) is 2. The SMILES string of the molecule is CCNC(CCCCOC)CCOCC(F)F. The smallest absolute Gasteiger partial charge is 0.261 e. The first-order valence-corrected chi connectivity index (χ1v) is 6.28. The molecule has 0 saturated carbocycles. The van der Waals surface area contributed by atoms with E-state index in [0.29, 0.717) is 12.6 Å². The van der Waals surface area contributed by atoms with Gasteiger partial charge in [0.05, 0.1) is 0 Å². The van der Waals surface area contributed by atoms with Crippen LogP contribution in [0.5, 0.6) is 0 Å². The van der Waals surface area contributed by atoms with Crippen molar-refractivity contribution in [1.82, 2.24) is 5.32 Å². The van der Waals surface area contributed by atoms with E-state index in [1.54, 1.807) is 7.11 Å². The molecule has 0 aliphatic heterocycles. The maximum atomic E-state index is 11.8. The molecule has 1 N–H and O–H groups in total. The molecule has 0 rings (SSSR count). The Hall–Kier alpha value is -0.260. The van der Waals surface area contributed by atoms with Crippen LogP contribution in [0, 0.1) is 0 Å². The Bertz CT molecular complexity index is 159. The van der Waals surface area contributed by atoms with Crippen LogP contribution >= 0.6 is 0 Å². The van der Waals surface area contributed by atoms with E-state index in [1.807, 2.05) is 6.92 Å². The van der Waals surface area contributed by atoms with Gasteiger partial charge in [0, 0.05) is 26.4 Å². The molecule has 0 spiro atoms. The summed E-state index contributed by atoms with van der Waals surface area (Å²) in [4.78, 5) is 0. The Labute approximate surface area is 103 Å². The Morgan fingerprint density at radius 1 is 1.12 bits per heavy atom. The van der Waals surface area contributed by atoms with Crippen LogP contribution in [0.3, 0.4) is 0 Å². The molecule has 0 aromatic heterocycles. The molecule has 3 nitrogen and oxygen atoms in total. The fourth-order valence-corrected chi connectivity index (χ4v) is 1.67. The first-order chi connectivity index (χ1) is 8.20. The molecule has 0 aromatic carbocycles. The van der Waals surface area contributed by atoms with E-state index in [2.05, 4.69) is 5.32 Å². The quantitative estimate of drug-likeness (QED) is 0.542. The lowest BCUT2D eigenvalue weighted by Gasteiger charge is -2.17. The number of hydrogen-bond acceptors (Lipinski definition) is 3. The highest BCUT2D eigenvalue weighted by atomic mass is 19.3. The van der Waals surface area contributed by atoms with Crippen LogP contribution in [0.1, 0.15) is 32.6 Å². The normalized spacial score (nSPS) is 13.2. The molecule has 0 aliphatic carbocycles. The van der Waals surface area contributed by atoms with Crippen LogP contribution in [0.15, 0.2) is 0 Å². The van der Waals surface area contributed by atoms with Crippen LogP contribution in [0.4, 0.5) is 8.78 Å². The Kier molecular flexibility index (Phi) is 12.0. The maximum absolute atomic E-state index is 11.8. The third-order valence-electron chi connectivity index (χ3n) is 2.50. The van der Waals surface area contributed by atoms with E-state index in [0.717, 1.165) is 38.8 Å². The van der Waals surface area contributed by atoms with Crippen molar-refractivity contribution < 1.29 is 18.3 Å². The molecule has 5 heteroatoms. The van der Waals surface area contributed by atoms with Crippen molar-refractivity contribution >= 4 is 0 Å². The Morgan fingerprint density at radius 2 is 1.88 bits per heavy atom. The first-order valence-electron chi connectivity index (χ1n) is 6.28. The van der Waals surface area contributed by atoms with Gasteiger partial charge in [-0.2, -0.15) is 0 Å². The van der Waals surface area contributed by atoms with Crippen LogP contribution in [-0.4, -0.2) is 45.9 Å². The molecule has 0 aliphatic rings. The fraction of sp³-hybridized carbons (Fsp3) is 1.00. The van der Waals surface area contributed by atoms with Gasteiger partial charge >= 0.3 is 0 Å². The van der Waals surface area contributed by atoms with E-state index < -0.39 is 13.0 Å². The van der Waals surface area contributed by atoms with Crippen LogP contribution in [0.2, 0.25) is 0 Å². The number of halogens is 2. The standard InChI is InChI=1S/C12H25F2NO2/c1-3-15-11(6-4-5-8-16-2)7-9-17-10-12(13)14/h11-12,15H,3-10H2,1-2H3. The summed E-state index contributed by atoms with van der Waals surface area (Å²) in [6, 6.07) is 0.356. The lowest BCUT2D eigenvalue weighted by atomic mass is 10.1. The lowest BCUT2D eigenvalue weighted by Crippen LogP contribution is -2.30. The summed E-state index contributed by atoms with van der Waals surface area (Å²) in [5.41, 5.74) is 0. The minimum absolute atomic E-state index is 0.356. The molecule has 0 radical (unpaired) electrons. The second-order valence-corrected chi connectivity index (χ2v) is 4.00. The van der Waals surface area contributed by atoms with Crippen molar-refractivity contribution in [3.63, 3.8) is 0 Å². The molecule has 1 unspecified atom stereocenters. The molecule has 104 valence electrons. The van der Waals surface area contributed by atoms with E-state index in [-0.39, 0.29) is 0 Å². The second-order valence-electron chi connectivity index (χ2n) is 4.00. The molecule has 0 aromatic rings. The van der Waals surface area contributed by atoms with Gasteiger partial charge in [0.1, 0.15) is 6.61 Å². The largest absolute Gasteiger partial charge is 0.385 e. The van der Waals surface area contributed by atoms with Crippen molar-refractivity contribution in [2.24, 2.45) is 0 Å².